The molecule has 0 unspecified atom stereocenters. The number of ether oxygens (including phenoxy) is 1. The van der Waals surface area contributed by atoms with Gasteiger partial charge < -0.3 is 15.2 Å². The molecule has 0 saturated heterocycles. The summed E-state index contributed by atoms with van der Waals surface area (Å²) in [6.45, 7) is 0.760. The third-order valence-corrected chi connectivity index (χ3v) is 5.22. The SMILES string of the molecule is COc1ccccc1C1CC(NCC2(O)CCCCC2)C1. The topological polar surface area (TPSA) is 41.5 Å². The van der Waals surface area contributed by atoms with E-state index >= 15 is 0 Å². The van der Waals surface area contributed by atoms with Gasteiger partial charge in [-0.15, -0.1) is 0 Å². The van der Waals surface area contributed by atoms with Crippen LogP contribution in [0.2, 0.25) is 0 Å². The zero-order valence-corrected chi connectivity index (χ0v) is 13.0. The standard InChI is InChI=1S/C18H27NO2/c1-21-17-8-4-3-7-16(17)14-11-15(12-14)19-13-18(20)9-5-2-6-10-18/h3-4,7-8,14-15,19-20H,2,5-6,9-13H2,1H3. The second kappa shape index (κ2) is 6.37. The zero-order valence-electron chi connectivity index (χ0n) is 13.0. The maximum absolute atomic E-state index is 10.5. The minimum atomic E-state index is -0.451. The van der Waals surface area contributed by atoms with E-state index in [-0.39, 0.29) is 0 Å². The Morgan fingerprint density at radius 2 is 1.90 bits per heavy atom. The third kappa shape index (κ3) is 3.41. The van der Waals surface area contributed by atoms with Crippen molar-refractivity contribution in [2.75, 3.05) is 13.7 Å². The number of para-hydroxylation sites is 1. The molecule has 3 nitrogen and oxygen atoms in total. The van der Waals surface area contributed by atoms with Crippen molar-refractivity contribution in [3.05, 3.63) is 29.8 Å². The van der Waals surface area contributed by atoms with Crippen LogP contribution in [0.1, 0.15) is 56.4 Å². The highest BCUT2D eigenvalue weighted by Crippen LogP contribution is 2.41. The Bertz CT molecular complexity index is 462. The van der Waals surface area contributed by atoms with Crippen molar-refractivity contribution in [1.29, 1.82) is 0 Å². The predicted octanol–water partition coefficient (Wildman–Crippen LogP) is 3.23. The summed E-state index contributed by atoms with van der Waals surface area (Å²) < 4.78 is 5.45. The van der Waals surface area contributed by atoms with Gasteiger partial charge in [-0.3, -0.25) is 0 Å². The molecule has 2 aliphatic rings. The first-order chi connectivity index (χ1) is 10.2. The monoisotopic (exact) mass is 289 g/mol. The van der Waals surface area contributed by atoms with Crippen LogP contribution in [0.3, 0.4) is 0 Å². The maximum atomic E-state index is 10.5. The first-order valence-electron chi connectivity index (χ1n) is 8.29. The average Bonchev–Trinajstić information content (AvgIpc) is 2.47. The Morgan fingerprint density at radius 1 is 1.19 bits per heavy atom. The Morgan fingerprint density at radius 3 is 2.62 bits per heavy atom. The first-order valence-corrected chi connectivity index (χ1v) is 8.29. The van der Waals surface area contributed by atoms with E-state index in [1.54, 1.807) is 7.11 Å². The van der Waals surface area contributed by atoms with Gasteiger partial charge in [0.25, 0.3) is 0 Å². The van der Waals surface area contributed by atoms with E-state index in [2.05, 4.69) is 17.4 Å². The molecule has 2 fully saturated rings. The molecule has 1 aromatic rings. The van der Waals surface area contributed by atoms with Crippen LogP contribution < -0.4 is 10.1 Å². The summed E-state index contributed by atoms with van der Waals surface area (Å²) in [7, 11) is 1.74. The lowest BCUT2D eigenvalue weighted by Gasteiger charge is -2.40. The van der Waals surface area contributed by atoms with Crippen molar-refractivity contribution in [3.8, 4) is 5.75 Å². The molecule has 0 radical (unpaired) electrons. The van der Waals surface area contributed by atoms with Crippen molar-refractivity contribution in [1.82, 2.24) is 5.32 Å². The van der Waals surface area contributed by atoms with E-state index < -0.39 is 5.60 Å². The van der Waals surface area contributed by atoms with Gasteiger partial charge in [0, 0.05) is 12.6 Å². The number of rotatable bonds is 5. The van der Waals surface area contributed by atoms with Crippen LogP contribution in [0.25, 0.3) is 0 Å². The van der Waals surface area contributed by atoms with Gasteiger partial charge in [-0.25, -0.2) is 0 Å². The molecule has 0 aliphatic heterocycles. The number of nitrogens with one attached hydrogen (secondary N) is 1. The summed E-state index contributed by atoms with van der Waals surface area (Å²) in [6.07, 6.45) is 7.85. The minimum Gasteiger partial charge on any atom is -0.496 e. The van der Waals surface area contributed by atoms with E-state index in [0.717, 1.165) is 38.0 Å². The van der Waals surface area contributed by atoms with Crippen LogP contribution >= 0.6 is 0 Å². The molecule has 0 aromatic heterocycles. The fourth-order valence-corrected chi connectivity index (χ4v) is 3.76. The van der Waals surface area contributed by atoms with Crippen LogP contribution in [-0.4, -0.2) is 30.4 Å². The number of methoxy groups -OCH3 is 1. The molecule has 2 N–H and O–H groups in total. The minimum absolute atomic E-state index is 0.451. The Balaban J connectivity index is 1.47. The highest BCUT2D eigenvalue weighted by atomic mass is 16.5. The maximum Gasteiger partial charge on any atom is 0.122 e. The van der Waals surface area contributed by atoms with Crippen LogP contribution in [-0.2, 0) is 0 Å². The third-order valence-electron chi connectivity index (χ3n) is 5.22. The molecule has 1 aromatic carbocycles. The van der Waals surface area contributed by atoms with E-state index in [0.29, 0.717) is 12.0 Å². The molecular weight excluding hydrogens is 262 g/mol. The van der Waals surface area contributed by atoms with E-state index in [9.17, 15) is 5.11 Å². The fraction of sp³-hybridized carbons (Fsp3) is 0.667. The van der Waals surface area contributed by atoms with Gasteiger partial charge in [-0.2, -0.15) is 0 Å². The summed E-state index contributed by atoms with van der Waals surface area (Å²) in [6, 6.07) is 8.87. The molecule has 0 heterocycles. The Hall–Kier alpha value is -1.06. The van der Waals surface area contributed by atoms with Crippen molar-refractivity contribution in [3.63, 3.8) is 0 Å². The van der Waals surface area contributed by atoms with Gasteiger partial charge >= 0.3 is 0 Å². The zero-order chi connectivity index (χ0) is 14.7. The van der Waals surface area contributed by atoms with Crippen LogP contribution in [0.15, 0.2) is 24.3 Å². The van der Waals surface area contributed by atoms with Crippen LogP contribution in [0.5, 0.6) is 5.75 Å². The molecule has 3 heteroatoms. The number of benzene rings is 1. The smallest absolute Gasteiger partial charge is 0.122 e. The molecule has 0 amide bonds. The molecule has 116 valence electrons. The first kappa shape index (κ1) is 14.9. The number of aliphatic hydroxyl groups is 1. The number of hydrogen-bond donors (Lipinski definition) is 2. The Kier molecular flexibility index (Phi) is 4.51. The summed E-state index contributed by atoms with van der Waals surface area (Å²) >= 11 is 0. The molecule has 0 spiro atoms. The highest BCUT2D eigenvalue weighted by Gasteiger charge is 2.35. The number of hydrogen-bond acceptors (Lipinski definition) is 3. The molecule has 21 heavy (non-hydrogen) atoms. The van der Waals surface area contributed by atoms with Gasteiger partial charge in [0.2, 0.25) is 0 Å². The predicted molar refractivity (Wildman–Crippen MR) is 84.8 cm³/mol. The van der Waals surface area contributed by atoms with Crippen LogP contribution in [0, 0.1) is 0 Å². The lowest BCUT2D eigenvalue weighted by atomic mass is 9.75. The molecule has 3 rings (SSSR count). The molecule has 2 saturated carbocycles. The van der Waals surface area contributed by atoms with E-state index in [4.69, 9.17) is 4.74 Å². The lowest BCUT2D eigenvalue weighted by molar-refractivity contribution is -0.000315. The van der Waals surface area contributed by atoms with E-state index in [1.807, 2.05) is 12.1 Å². The second-order valence-electron chi connectivity index (χ2n) is 6.77. The van der Waals surface area contributed by atoms with Crippen molar-refractivity contribution in [2.24, 2.45) is 0 Å². The largest absolute Gasteiger partial charge is 0.496 e. The normalized spacial score (nSPS) is 27.9. The van der Waals surface area contributed by atoms with Gasteiger partial charge in [0.05, 0.1) is 12.7 Å². The lowest BCUT2D eigenvalue weighted by Crippen LogP contribution is -2.49. The Labute approximate surface area is 127 Å². The molecule has 2 aliphatic carbocycles. The van der Waals surface area contributed by atoms with Crippen molar-refractivity contribution < 1.29 is 9.84 Å². The quantitative estimate of drug-likeness (QED) is 0.874. The summed E-state index contributed by atoms with van der Waals surface area (Å²) in [5.41, 5.74) is 0.878. The summed E-state index contributed by atoms with van der Waals surface area (Å²) in [4.78, 5) is 0. The van der Waals surface area contributed by atoms with Crippen molar-refractivity contribution >= 4 is 0 Å². The average molecular weight is 289 g/mol. The van der Waals surface area contributed by atoms with Gasteiger partial charge in [0.15, 0.2) is 0 Å². The van der Waals surface area contributed by atoms with Gasteiger partial charge in [-0.1, -0.05) is 37.5 Å². The van der Waals surface area contributed by atoms with Crippen LogP contribution in [0.4, 0.5) is 0 Å². The second-order valence-corrected chi connectivity index (χ2v) is 6.77. The molecule has 0 atom stereocenters. The summed E-state index contributed by atoms with van der Waals surface area (Å²) in [5, 5.41) is 14.1. The van der Waals surface area contributed by atoms with Gasteiger partial charge in [0.1, 0.15) is 5.75 Å². The van der Waals surface area contributed by atoms with E-state index in [1.165, 1.54) is 24.8 Å². The fourth-order valence-electron chi connectivity index (χ4n) is 3.76. The molecular formula is C18H27NO2. The molecule has 0 bridgehead atoms. The summed E-state index contributed by atoms with van der Waals surface area (Å²) in [5.74, 6) is 1.60. The highest BCUT2D eigenvalue weighted by molar-refractivity contribution is 5.37. The van der Waals surface area contributed by atoms with Crippen molar-refractivity contribution in [2.45, 2.75) is 62.5 Å². The van der Waals surface area contributed by atoms with Gasteiger partial charge in [-0.05, 0) is 43.2 Å².